The quantitative estimate of drug-likeness (QED) is 0.889. The Kier molecular flexibility index (Phi) is 5.01. The van der Waals surface area contributed by atoms with Gasteiger partial charge in [-0.25, -0.2) is 0 Å². The summed E-state index contributed by atoms with van der Waals surface area (Å²) in [4.78, 5) is 14.4. The maximum absolute atomic E-state index is 12.3. The molecule has 0 saturated heterocycles. The van der Waals surface area contributed by atoms with E-state index in [0.29, 0.717) is 0 Å². The molecule has 0 atom stereocenters. The van der Waals surface area contributed by atoms with Gasteiger partial charge in [-0.2, -0.15) is 0 Å². The summed E-state index contributed by atoms with van der Waals surface area (Å²) in [5, 5.41) is 12.6. The highest BCUT2D eigenvalue weighted by Gasteiger charge is 2.25. The first-order chi connectivity index (χ1) is 9.61. The fourth-order valence-electron chi connectivity index (χ4n) is 2.66. The van der Waals surface area contributed by atoms with E-state index in [0.717, 1.165) is 43.6 Å². The third-order valence-electron chi connectivity index (χ3n) is 4.12. The van der Waals surface area contributed by atoms with Crippen molar-refractivity contribution in [1.29, 1.82) is 0 Å². The number of carbonyl (C=O) groups excluding carboxylic acids is 1. The number of benzene rings is 1. The fraction of sp³-hybridized carbons (Fsp3) is 0.562. The highest BCUT2D eigenvalue weighted by atomic mass is 16.3. The second-order valence-corrected chi connectivity index (χ2v) is 5.53. The molecule has 1 fully saturated rings. The average Bonchev–Trinajstić information content (AvgIpc) is 2.47. The van der Waals surface area contributed by atoms with Gasteiger partial charge in [0.1, 0.15) is 0 Å². The predicted molar refractivity (Wildman–Crippen MR) is 82.0 cm³/mol. The molecule has 1 saturated carbocycles. The van der Waals surface area contributed by atoms with Gasteiger partial charge in [-0.05, 0) is 44.7 Å². The van der Waals surface area contributed by atoms with Crippen molar-refractivity contribution >= 4 is 17.3 Å². The van der Waals surface area contributed by atoms with Crippen molar-refractivity contribution in [2.75, 3.05) is 23.8 Å². The average molecular weight is 276 g/mol. The number of aliphatic hydroxyl groups is 1. The number of carbonyl (C=O) groups is 1. The van der Waals surface area contributed by atoms with Crippen LogP contribution in [0.3, 0.4) is 0 Å². The SMILES string of the molecule is CCN(C)c1ccccc1NC(=O)C1CCC(O)CC1. The molecule has 0 heterocycles. The van der Waals surface area contributed by atoms with Crippen LogP contribution in [-0.2, 0) is 4.79 Å². The third kappa shape index (κ3) is 3.51. The van der Waals surface area contributed by atoms with Crippen molar-refractivity contribution in [3.8, 4) is 0 Å². The minimum atomic E-state index is -0.224. The molecular formula is C16H24N2O2. The first-order valence-corrected chi connectivity index (χ1v) is 7.41. The topological polar surface area (TPSA) is 52.6 Å². The van der Waals surface area contributed by atoms with Crippen LogP contribution in [0.15, 0.2) is 24.3 Å². The lowest BCUT2D eigenvalue weighted by Crippen LogP contribution is -2.29. The van der Waals surface area contributed by atoms with Crippen LogP contribution in [0, 0.1) is 5.92 Å². The monoisotopic (exact) mass is 276 g/mol. The number of rotatable bonds is 4. The summed E-state index contributed by atoms with van der Waals surface area (Å²) >= 11 is 0. The maximum atomic E-state index is 12.3. The summed E-state index contributed by atoms with van der Waals surface area (Å²) < 4.78 is 0. The van der Waals surface area contributed by atoms with Gasteiger partial charge >= 0.3 is 0 Å². The molecule has 1 aliphatic carbocycles. The van der Waals surface area contributed by atoms with E-state index in [-0.39, 0.29) is 17.9 Å². The van der Waals surface area contributed by atoms with E-state index in [4.69, 9.17) is 0 Å². The Balaban J connectivity index is 2.04. The number of nitrogens with zero attached hydrogens (tertiary/aromatic N) is 1. The molecule has 2 N–H and O–H groups in total. The number of nitrogens with one attached hydrogen (secondary N) is 1. The van der Waals surface area contributed by atoms with Crippen molar-refractivity contribution in [1.82, 2.24) is 0 Å². The van der Waals surface area contributed by atoms with Crippen molar-refractivity contribution in [3.63, 3.8) is 0 Å². The second-order valence-electron chi connectivity index (χ2n) is 5.53. The highest BCUT2D eigenvalue weighted by molar-refractivity contribution is 5.95. The van der Waals surface area contributed by atoms with Crippen LogP contribution in [0.5, 0.6) is 0 Å². The molecule has 1 aromatic carbocycles. The molecule has 0 aliphatic heterocycles. The van der Waals surface area contributed by atoms with Gasteiger partial charge in [0.25, 0.3) is 0 Å². The molecule has 4 heteroatoms. The molecule has 0 bridgehead atoms. The van der Waals surface area contributed by atoms with Crippen molar-refractivity contribution in [3.05, 3.63) is 24.3 Å². The Hall–Kier alpha value is -1.55. The number of hydrogen-bond donors (Lipinski definition) is 2. The molecule has 110 valence electrons. The largest absolute Gasteiger partial charge is 0.393 e. The Bertz CT molecular complexity index is 454. The van der Waals surface area contributed by atoms with Crippen LogP contribution in [0.4, 0.5) is 11.4 Å². The second kappa shape index (κ2) is 6.75. The van der Waals surface area contributed by atoms with E-state index in [9.17, 15) is 9.90 Å². The lowest BCUT2D eigenvalue weighted by atomic mass is 9.87. The molecule has 0 radical (unpaired) electrons. The van der Waals surface area contributed by atoms with Gasteiger partial charge in [0, 0.05) is 19.5 Å². The van der Waals surface area contributed by atoms with Crippen LogP contribution in [-0.4, -0.2) is 30.7 Å². The van der Waals surface area contributed by atoms with Gasteiger partial charge in [0.2, 0.25) is 5.91 Å². The van der Waals surface area contributed by atoms with E-state index in [1.54, 1.807) is 0 Å². The number of aliphatic hydroxyl groups excluding tert-OH is 1. The zero-order chi connectivity index (χ0) is 14.5. The molecular weight excluding hydrogens is 252 g/mol. The van der Waals surface area contributed by atoms with Gasteiger partial charge in [0.15, 0.2) is 0 Å². The summed E-state index contributed by atoms with van der Waals surface area (Å²) in [5.74, 6) is 0.104. The van der Waals surface area contributed by atoms with Gasteiger partial charge in [-0.15, -0.1) is 0 Å². The van der Waals surface area contributed by atoms with Crippen molar-refractivity contribution in [2.45, 2.75) is 38.7 Å². The third-order valence-corrected chi connectivity index (χ3v) is 4.12. The summed E-state index contributed by atoms with van der Waals surface area (Å²) in [7, 11) is 2.02. The summed E-state index contributed by atoms with van der Waals surface area (Å²) in [6, 6.07) is 7.88. The first-order valence-electron chi connectivity index (χ1n) is 7.41. The Labute approximate surface area is 120 Å². The molecule has 0 aromatic heterocycles. The van der Waals surface area contributed by atoms with Crippen LogP contribution < -0.4 is 10.2 Å². The van der Waals surface area contributed by atoms with Crippen LogP contribution in [0.25, 0.3) is 0 Å². The molecule has 0 spiro atoms. The Morgan fingerprint density at radius 1 is 1.30 bits per heavy atom. The number of para-hydroxylation sites is 2. The summed E-state index contributed by atoms with van der Waals surface area (Å²) in [6.45, 7) is 2.98. The van der Waals surface area contributed by atoms with Gasteiger partial charge < -0.3 is 15.3 Å². The van der Waals surface area contributed by atoms with Gasteiger partial charge in [-0.1, -0.05) is 12.1 Å². The molecule has 20 heavy (non-hydrogen) atoms. The van der Waals surface area contributed by atoms with Gasteiger partial charge in [-0.3, -0.25) is 4.79 Å². The molecule has 2 rings (SSSR count). The van der Waals surface area contributed by atoms with E-state index in [1.165, 1.54) is 0 Å². The lowest BCUT2D eigenvalue weighted by Gasteiger charge is -2.26. The summed E-state index contributed by atoms with van der Waals surface area (Å²) in [5.41, 5.74) is 1.91. The number of hydrogen-bond acceptors (Lipinski definition) is 3. The minimum absolute atomic E-state index is 0.0263. The van der Waals surface area contributed by atoms with E-state index in [1.807, 2.05) is 31.3 Å². The van der Waals surface area contributed by atoms with Crippen molar-refractivity contribution < 1.29 is 9.90 Å². The minimum Gasteiger partial charge on any atom is -0.393 e. The van der Waals surface area contributed by atoms with Crippen LogP contribution in [0.2, 0.25) is 0 Å². The van der Waals surface area contributed by atoms with Crippen molar-refractivity contribution in [2.24, 2.45) is 5.92 Å². The van der Waals surface area contributed by atoms with Gasteiger partial charge in [0.05, 0.1) is 17.5 Å². The molecule has 1 amide bonds. The molecule has 4 nitrogen and oxygen atoms in total. The van der Waals surface area contributed by atoms with Crippen LogP contribution >= 0.6 is 0 Å². The zero-order valence-electron chi connectivity index (χ0n) is 12.3. The molecule has 1 aliphatic rings. The van der Waals surface area contributed by atoms with E-state index < -0.39 is 0 Å². The molecule has 1 aromatic rings. The number of anilines is 2. The predicted octanol–water partition coefficient (Wildman–Crippen LogP) is 2.63. The highest BCUT2D eigenvalue weighted by Crippen LogP contribution is 2.28. The Morgan fingerprint density at radius 2 is 1.95 bits per heavy atom. The zero-order valence-corrected chi connectivity index (χ0v) is 12.3. The normalized spacial score (nSPS) is 22.4. The summed E-state index contributed by atoms with van der Waals surface area (Å²) in [6.07, 6.45) is 2.79. The number of amides is 1. The Morgan fingerprint density at radius 3 is 2.60 bits per heavy atom. The van der Waals surface area contributed by atoms with Crippen LogP contribution in [0.1, 0.15) is 32.6 Å². The maximum Gasteiger partial charge on any atom is 0.227 e. The van der Waals surface area contributed by atoms with E-state index >= 15 is 0 Å². The lowest BCUT2D eigenvalue weighted by molar-refractivity contribution is -0.121. The molecule has 0 unspecified atom stereocenters. The smallest absolute Gasteiger partial charge is 0.227 e. The fourth-order valence-corrected chi connectivity index (χ4v) is 2.66. The first kappa shape index (κ1) is 14.9. The van der Waals surface area contributed by atoms with E-state index in [2.05, 4.69) is 17.1 Å². The standard InChI is InChI=1S/C16H24N2O2/c1-3-18(2)15-7-5-4-6-14(15)17-16(20)12-8-10-13(19)11-9-12/h4-7,12-13,19H,3,8-11H2,1-2H3,(H,17,20).